The van der Waals surface area contributed by atoms with Crippen LogP contribution in [0.1, 0.15) is 5.56 Å². The normalized spacial score (nSPS) is 11.2. The minimum atomic E-state index is -0.393. The number of nitrogens with one attached hydrogen (secondary N) is 2. The smallest absolute Gasteiger partial charge is 0.250 e. The first-order chi connectivity index (χ1) is 10.6. The van der Waals surface area contributed by atoms with Crippen LogP contribution in [0.3, 0.4) is 0 Å². The van der Waals surface area contributed by atoms with Gasteiger partial charge in [0.25, 0.3) is 5.91 Å². The van der Waals surface area contributed by atoms with Crippen molar-refractivity contribution in [3.8, 4) is 0 Å². The van der Waals surface area contributed by atoms with Crippen LogP contribution in [0, 0.1) is 5.82 Å². The van der Waals surface area contributed by atoms with E-state index in [-0.39, 0.29) is 0 Å². The molecule has 22 heavy (non-hydrogen) atoms. The lowest BCUT2D eigenvalue weighted by atomic mass is 10.2. The second-order valence-corrected chi connectivity index (χ2v) is 5.51. The molecule has 0 spiro atoms. The fourth-order valence-electron chi connectivity index (χ4n) is 1.98. The number of fused-ring (bicyclic) bond motifs is 1. The predicted octanol–water partition coefficient (Wildman–Crippen LogP) is 4.12. The van der Waals surface area contributed by atoms with Crippen LogP contribution in [0.5, 0.6) is 0 Å². The Labute approximate surface area is 134 Å². The van der Waals surface area contributed by atoms with Crippen molar-refractivity contribution < 1.29 is 9.18 Å². The molecule has 0 saturated carbocycles. The average molecular weight is 360 g/mol. The number of hydrogen-bond acceptors (Lipinski definition) is 2. The van der Waals surface area contributed by atoms with E-state index < -0.39 is 11.7 Å². The SMILES string of the molecule is O=C(C=Cc1cc(Br)ccc1F)Nc1nc2ccccc2[nH]1. The Kier molecular flexibility index (Phi) is 4.02. The molecule has 0 aliphatic carbocycles. The van der Waals surface area contributed by atoms with Crippen LogP contribution in [0.2, 0.25) is 0 Å². The number of hydrogen-bond donors (Lipinski definition) is 2. The summed E-state index contributed by atoms with van der Waals surface area (Å²) in [6.07, 6.45) is 2.68. The second-order valence-electron chi connectivity index (χ2n) is 4.59. The molecule has 0 atom stereocenters. The van der Waals surface area contributed by atoms with Gasteiger partial charge in [-0.2, -0.15) is 0 Å². The van der Waals surface area contributed by atoms with Crippen LogP contribution < -0.4 is 5.32 Å². The third-order valence-electron chi connectivity index (χ3n) is 3.00. The summed E-state index contributed by atoms with van der Waals surface area (Å²) in [5, 5.41) is 2.61. The molecule has 0 saturated heterocycles. The van der Waals surface area contributed by atoms with Crippen molar-refractivity contribution in [1.82, 2.24) is 9.97 Å². The van der Waals surface area contributed by atoms with Crippen molar-refractivity contribution in [3.63, 3.8) is 0 Å². The van der Waals surface area contributed by atoms with Gasteiger partial charge >= 0.3 is 0 Å². The Morgan fingerprint density at radius 2 is 2.09 bits per heavy atom. The lowest BCUT2D eigenvalue weighted by Gasteiger charge is -1.98. The number of nitrogens with zero attached hydrogens (tertiary/aromatic N) is 1. The van der Waals surface area contributed by atoms with Crippen molar-refractivity contribution in [3.05, 3.63) is 64.4 Å². The summed E-state index contributed by atoms with van der Waals surface area (Å²) in [7, 11) is 0. The maximum atomic E-state index is 13.6. The summed E-state index contributed by atoms with van der Waals surface area (Å²) in [5.41, 5.74) is 1.92. The van der Waals surface area contributed by atoms with Crippen molar-refractivity contribution in [2.24, 2.45) is 0 Å². The van der Waals surface area contributed by atoms with Crippen LogP contribution in [0.4, 0.5) is 10.3 Å². The predicted molar refractivity (Wildman–Crippen MR) is 87.9 cm³/mol. The Morgan fingerprint density at radius 1 is 1.27 bits per heavy atom. The molecular weight excluding hydrogens is 349 g/mol. The Morgan fingerprint density at radius 3 is 2.91 bits per heavy atom. The number of para-hydroxylation sites is 2. The quantitative estimate of drug-likeness (QED) is 0.691. The van der Waals surface area contributed by atoms with Gasteiger partial charge in [-0.15, -0.1) is 0 Å². The highest BCUT2D eigenvalue weighted by Crippen LogP contribution is 2.17. The van der Waals surface area contributed by atoms with E-state index in [2.05, 4.69) is 31.2 Å². The summed E-state index contributed by atoms with van der Waals surface area (Å²) in [4.78, 5) is 19.1. The summed E-state index contributed by atoms with van der Waals surface area (Å²) < 4.78 is 14.3. The molecule has 0 fully saturated rings. The number of aromatic amines is 1. The number of anilines is 1. The van der Waals surface area contributed by atoms with Crippen molar-refractivity contribution in [2.45, 2.75) is 0 Å². The lowest BCUT2D eigenvalue weighted by Crippen LogP contribution is -2.08. The van der Waals surface area contributed by atoms with Gasteiger partial charge in [0, 0.05) is 16.1 Å². The third-order valence-corrected chi connectivity index (χ3v) is 3.50. The number of carbonyl (C=O) groups is 1. The molecule has 1 amide bonds. The molecule has 110 valence electrons. The Bertz CT molecular complexity index is 840. The molecule has 0 aliphatic rings. The zero-order chi connectivity index (χ0) is 15.5. The largest absolute Gasteiger partial charge is 0.324 e. The van der Waals surface area contributed by atoms with Crippen LogP contribution in [0.25, 0.3) is 17.1 Å². The van der Waals surface area contributed by atoms with Gasteiger partial charge in [-0.05, 0) is 36.4 Å². The van der Waals surface area contributed by atoms with Gasteiger partial charge < -0.3 is 4.98 Å². The van der Waals surface area contributed by atoms with Crippen molar-refractivity contribution >= 4 is 44.9 Å². The first kappa shape index (κ1) is 14.5. The Hall–Kier alpha value is -2.47. The van der Waals surface area contributed by atoms with Crippen LogP contribution in [-0.2, 0) is 4.79 Å². The zero-order valence-corrected chi connectivity index (χ0v) is 12.9. The van der Waals surface area contributed by atoms with E-state index in [4.69, 9.17) is 0 Å². The summed E-state index contributed by atoms with van der Waals surface area (Å²) in [6.45, 7) is 0. The molecule has 0 bridgehead atoms. The first-order valence-electron chi connectivity index (χ1n) is 6.51. The van der Waals surface area contributed by atoms with Crippen molar-refractivity contribution in [2.75, 3.05) is 5.32 Å². The van der Waals surface area contributed by atoms with E-state index in [0.717, 1.165) is 15.5 Å². The van der Waals surface area contributed by atoms with E-state index in [1.54, 1.807) is 12.1 Å². The first-order valence-corrected chi connectivity index (χ1v) is 7.30. The number of amides is 1. The highest BCUT2D eigenvalue weighted by molar-refractivity contribution is 9.10. The highest BCUT2D eigenvalue weighted by atomic mass is 79.9. The molecular formula is C16H11BrFN3O. The number of benzene rings is 2. The minimum absolute atomic E-state index is 0.328. The maximum Gasteiger partial charge on any atom is 0.250 e. The molecule has 3 aromatic rings. The molecule has 2 aromatic carbocycles. The van der Waals surface area contributed by atoms with Gasteiger partial charge in [0.1, 0.15) is 5.82 Å². The van der Waals surface area contributed by atoms with Crippen molar-refractivity contribution in [1.29, 1.82) is 0 Å². The van der Waals surface area contributed by atoms with Crippen LogP contribution in [-0.4, -0.2) is 15.9 Å². The van der Waals surface area contributed by atoms with Gasteiger partial charge in [-0.25, -0.2) is 9.37 Å². The fraction of sp³-hybridized carbons (Fsp3) is 0. The number of halogens is 2. The zero-order valence-electron chi connectivity index (χ0n) is 11.3. The molecule has 0 unspecified atom stereocenters. The minimum Gasteiger partial charge on any atom is -0.324 e. The van der Waals surface area contributed by atoms with Crippen LogP contribution in [0.15, 0.2) is 53.0 Å². The van der Waals surface area contributed by atoms with E-state index >= 15 is 0 Å². The monoisotopic (exact) mass is 359 g/mol. The lowest BCUT2D eigenvalue weighted by molar-refractivity contribution is -0.111. The maximum absolute atomic E-state index is 13.6. The van der Waals surface area contributed by atoms with E-state index in [0.29, 0.717) is 11.5 Å². The topological polar surface area (TPSA) is 57.8 Å². The summed E-state index contributed by atoms with van der Waals surface area (Å²) in [6, 6.07) is 12.0. The summed E-state index contributed by atoms with van der Waals surface area (Å²) >= 11 is 3.26. The molecule has 6 heteroatoms. The number of carbonyl (C=O) groups excluding carboxylic acids is 1. The Balaban J connectivity index is 1.74. The van der Waals surface area contributed by atoms with Gasteiger partial charge in [-0.1, -0.05) is 28.1 Å². The number of imidazole rings is 1. The van der Waals surface area contributed by atoms with E-state index in [1.807, 2.05) is 24.3 Å². The standard InChI is InChI=1S/C16H11BrFN3O/c17-11-6-7-12(18)10(9-11)5-8-15(22)21-16-19-13-3-1-2-4-14(13)20-16/h1-9H,(H2,19,20,21,22). The number of rotatable bonds is 3. The van der Waals surface area contributed by atoms with Gasteiger partial charge in [0.15, 0.2) is 0 Å². The molecule has 4 nitrogen and oxygen atoms in total. The number of H-pyrrole nitrogens is 1. The second kappa shape index (κ2) is 6.11. The molecule has 1 aromatic heterocycles. The summed E-state index contributed by atoms with van der Waals surface area (Å²) in [5.74, 6) is -0.431. The molecule has 2 N–H and O–H groups in total. The molecule has 3 rings (SSSR count). The van der Waals surface area contributed by atoms with Gasteiger partial charge in [-0.3, -0.25) is 10.1 Å². The molecule has 1 heterocycles. The number of aromatic nitrogens is 2. The van der Waals surface area contributed by atoms with Gasteiger partial charge in [0.05, 0.1) is 11.0 Å². The van der Waals surface area contributed by atoms with E-state index in [1.165, 1.54) is 18.2 Å². The molecule has 0 aliphatic heterocycles. The third kappa shape index (κ3) is 3.23. The van der Waals surface area contributed by atoms with Gasteiger partial charge in [0.2, 0.25) is 5.95 Å². The van der Waals surface area contributed by atoms with E-state index in [9.17, 15) is 9.18 Å². The highest BCUT2D eigenvalue weighted by Gasteiger charge is 2.05. The fourth-order valence-corrected chi connectivity index (χ4v) is 2.36. The molecule has 0 radical (unpaired) electrons. The van der Waals surface area contributed by atoms with Crippen LogP contribution >= 0.6 is 15.9 Å². The average Bonchev–Trinajstić information content (AvgIpc) is 2.90.